The highest BCUT2D eigenvalue weighted by atomic mass is 16.5. The van der Waals surface area contributed by atoms with Crippen LogP contribution in [-0.2, 0) is 6.61 Å². The number of anilines is 1. The van der Waals surface area contributed by atoms with E-state index in [4.69, 9.17) is 15.2 Å². The molecule has 5 heteroatoms. The van der Waals surface area contributed by atoms with Crippen molar-refractivity contribution in [3.63, 3.8) is 0 Å². The predicted octanol–water partition coefficient (Wildman–Crippen LogP) is 1.65. The molecule has 1 heterocycles. The Hall–Kier alpha value is -2.30. The average molecular weight is 231 g/mol. The summed E-state index contributed by atoms with van der Waals surface area (Å²) in [5, 5.41) is 0. The van der Waals surface area contributed by atoms with Crippen LogP contribution in [0.2, 0.25) is 0 Å². The number of nitrogens with zero attached hydrogens (tertiary/aromatic N) is 2. The number of nitrogens with two attached hydrogens (primary N) is 1. The smallest absolute Gasteiger partial charge is 0.166 e. The molecular formula is C12H13N3O2. The molecule has 1 aromatic carbocycles. The fraction of sp³-hybridized carbons (Fsp3) is 0.167. The molecule has 0 saturated heterocycles. The Labute approximate surface area is 99.2 Å². The molecule has 2 N–H and O–H groups in total. The summed E-state index contributed by atoms with van der Waals surface area (Å²) in [4.78, 5) is 8.12. The molecule has 88 valence electrons. The van der Waals surface area contributed by atoms with Crippen LogP contribution in [-0.4, -0.2) is 17.1 Å². The number of aromatic nitrogens is 2. The van der Waals surface area contributed by atoms with Gasteiger partial charge in [0.1, 0.15) is 18.1 Å². The first-order chi connectivity index (χ1) is 8.29. The number of nitrogen functional groups attached to an aromatic ring is 1. The Morgan fingerprint density at radius 2 is 2.00 bits per heavy atom. The summed E-state index contributed by atoms with van der Waals surface area (Å²) < 4.78 is 10.6. The largest absolute Gasteiger partial charge is 0.497 e. The van der Waals surface area contributed by atoms with Gasteiger partial charge in [-0.15, -0.1) is 0 Å². The van der Waals surface area contributed by atoms with Crippen LogP contribution < -0.4 is 15.2 Å². The minimum Gasteiger partial charge on any atom is -0.497 e. The standard InChI is InChI=1S/C12H13N3O2/c1-16-9-3-4-10(13)11(7-9)17-8-12-14-5-2-6-15-12/h2-7H,8,13H2,1H3. The van der Waals surface area contributed by atoms with E-state index in [0.29, 0.717) is 23.0 Å². The summed E-state index contributed by atoms with van der Waals surface area (Å²) in [7, 11) is 1.59. The van der Waals surface area contributed by atoms with E-state index in [1.165, 1.54) is 0 Å². The van der Waals surface area contributed by atoms with E-state index in [0.717, 1.165) is 0 Å². The molecular weight excluding hydrogens is 218 g/mol. The third-order valence-corrected chi connectivity index (χ3v) is 2.20. The van der Waals surface area contributed by atoms with Gasteiger partial charge in [0.15, 0.2) is 5.82 Å². The van der Waals surface area contributed by atoms with E-state index in [1.54, 1.807) is 43.8 Å². The second kappa shape index (κ2) is 5.16. The highest BCUT2D eigenvalue weighted by Crippen LogP contribution is 2.27. The first-order valence-corrected chi connectivity index (χ1v) is 5.12. The van der Waals surface area contributed by atoms with E-state index in [9.17, 15) is 0 Å². The Bertz CT molecular complexity index is 488. The van der Waals surface area contributed by atoms with Crippen molar-refractivity contribution < 1.29 is 9.47 Å². The first-order valence-electron chi connectivity index (χ1n) is 5.12. The summed E-state index contributed by atoms with van der Waals surface area (Å²) >= 11 is 0. The Morgan fingerprint density at radius 1 is 1.24 bits per heavy atom. The van der Waals surface area contributed by atoms with Gasteiger partial charge < -0.3 is 15.2 Å². The average Bonchev–Trinajstić information content (AvgIpc) is 2.39. The summed E-state index contributed by atoms with van der Waals surface area (Å²) in [6.07, 6.45) is 3.33. The van der Waals surface area contributed by atoms with E-state index < -0.39 is 0 Å². The molecule has 0 bridgehead atoms. The summed E-state index contributed by atoms with van der Waals surface area (Å²) in [6, 6.07) is 7.00. The summed E-state index contributed by atoms with van der Waals surface area (Å²) in [6.45, 7) is 0.276. The van der Waals surface area contributed by atoms with Crippen molar-refractivity contribution in [2.24, 2.45) is 0 Å². The van der Waals surface area contributed by atoms with Crippen molar-refractivity contribution in [2.75, 3.05) is 12.8 Å². The van der Waals surface area contributed by atoms with E-state index in [2.05, 4.69) is 9.97 Å². The predicted molar refractivity (Wildman–Crippen MR) is 63.8 cm³/mol. The second-order valence-electron chi connectivity index (χ2n) is 3.36. The molecule has 0 amide bonds. The molecule has 0 aliphatic carbocycles. The number of ether oxygens (including phenoxy) is 2. The molecule has 0 unspecified atom stereocenters. The minimum absolute atomic E-state index is 0.276. The van der Waals surface area contributed by atoms with Crippen LogP contribution in [0.3, 0.4) is 0 Å². The van der Waals surface area contributed by atoms with E-state index in [1.807, 2.05) is 0 Å². The fourth-order valence-corrected chi connectivity index (χ4v) is 1.31. The zero-order chi connectivity index (χ0) is 12.1. The lowest BCUT2D eigenvalue weighted by molar-refractivity contribution is 0.295. The maximum atomic E-state index is 5.79. The van der Waals surface area contributed by atoms with Crippen molar-refractivity contribution in [3.8, 4) is 11.5 Å². The van der Waals surface area contributed by atoms with Crippen molar-refractivity contribution in [1.29, 1.82) is 0 Å². The fourth-order valence-electron chi connectivity index (χ4n) is 1.31. The lowest BCUT2D eigenvalue weighted by Crippen LogP contribution is -2.02. The van der Waals surface area contributed by atoms with Crippen molar-refractivity contribution in [2.45, 2.75) is 6.61 Å². The van der Waals surface area contributed by atoms with Crippen LogP contribution in [0.15, 0.2) is 36.7 Å². The molecule has 0 atom stereocenters. The molecule has 0 fully saturated rings. The molecule has 0 aliphatic rings. The molecule has 0 spiro atoms. The molecule has 5 nitrogen and oxygen atoms in total. The first kappa shape index (κ1) is 11.2. The Balaban J connectivity index is 2.08. The van der Waals surface area contributed by atoms with Crippen molar-refractivity contribution >= 4 is 5.69 Å². The molecule has 17 heavy (non-hydrogen) atoms. The zero-order valence-electron chi connectivity index (χ0n) is 9.46. The van der Waals surface area contributed by atoms with Crippen molar-refractivity contribution in [1.82, 2.24) is 9.97 Å². The van der Waals surface area contributed by atoms with Crippen LogP contribution >= 0.6 is 0 Å². The SMILES string of the molecule is COc1ccc(N)c(OCc2ncccn2)c1. The van der Waals surface area contributed by atoms with Crippen LogP contribution in [0.4, 0.5) is 5.69 Å². The highest BCUT2D eigenvalue weighted by molar-refractivity contribution is 5.55. The van der Waals surface area contributed by atoms with Crippen LogP contribution in [0.5, 0.6) is 11.5 Å². The third-order valence-electron chi connectivity index (χ3n) is 2.20. The van der Waals surface area contributed by atoms with Gasteiger partial charge in [-0.2, -0.15) is 0 Å². The normalized spacial score (nSPS) is 9.94. The second-order valence-corrected chi connectivity index (χ2v) is 3.36. The lowest BCUT2D eigenvalue weighted by Gasteiger charge is -2.09. The molecule has 0 aliphatic heterocycles. The Morgan fingerprint density at radius 3 is 2.71 bits per heavy atom. The number of hydrogen-bond acceptors (Lipinski definition) is 5. The van der Waals surface area contributed by atoms with Gasteiger partial charge in [0.25, 0.3) is 0 Å². The van der Waals surface area contributed by atoms with E-state index >= 15 is 0 Å². The topological polar surface area (TPSA) is 70.3 Å². The Kier molecular flexibility index (Phi) is 3.40. The van der Waals surface area contributed by atoms with Gasteiger partial charge >= 0.3 is 0 Å². The molecule has 1 aromatic heterocycles. The summed E-state index contributed by atoms with van der Waals surface area (Å²) in [5.74, 6) is 1.87. The molecule has 2 aromatic rings. The van der Waals surface area contributed by atoms with Gasteiger partial charge in [0.05, 0.1) is 12.8 Å². The molecule has 0 saturated carbocycles. The van der Waals surface area contributed by atoms with E-state index in [-0.39, 0.29) is 6.61 Å². The number of benzene rings is 1. The van der Waals surface area contributed by atoms with Gasteiger partial charge in [-0.25, -0.2) is 9.97 Å². The third kappa shape index (κ3) is 2.84. The highest BCUT2D eigenvalue weighted by Gasteiger charge is 2.04. The number of methoxy groups -OCH3 is 1. The van der Waals surface area contributed by atoms with Crippen molar-refractivity contribution in [3.05, 3.63) is 42.5 Å². The number of hydrogen-bond donors (Lipinski definition) is 1. The van der Waals surface area contributed by atoms with Crippen LogP contribution in [0, 0.1) is 0 Å². The van der Waals surface area contributed by atoms with Crippen LogP contribution in [0.1, 0.15) is 5.82 Å². The zero-order valence-corrected chi connectivity index (χ0v) is 9.46. The minimum atomic E-state index is 0.276. The van der Waals surface area contributed by atoms with Gasteiger partial charge in [-0.05, 0) is 18.2 Å². The van der Waals surface area contributed by atoms with Gasteiger partial charge in [-0.1, -0.05) is 0 Å². The summed E-state index contributed by atoms with van der Waals surface area (Å²) in [5.41, 5.74) is 6.34. The van der Waals surface area contributed by atoms with Gasteiger partial charge in [-0.3, -0.25) is 0 Å². The molecule has 0 radical (unpaired) electrons. The maximum Gasteiger partial charge on any atom is 0.166 e. The van der Waals surface area contributed by atoms with Gasteiger partial charge in [0.2, 0.25) is 0 Å². The van der Waals surface area contributed by atoms with Gasteiger partial charge in [0, 0.05) is 18.5 Å². The maximum absolute atomic E-state index is 5.79. The van der Waals surface area contributed by atoms with Crippen LogP contribution in [0.25, 0.3) is 0 Å². The monoisotopic (exact) mass is 231 g/mol. The lowest BCUT2D eigenvalue weighted by atomic mass is 10.3. The molecule has 2 rings (SSSR count). The quantitative estimate of drug-likeness (QED) is 0.810. The number of rotatable bonds is 4.